The smallest absolute Gasteiger partial charge is 0.115 e. The van der Waals surface area contributed by atoms with Crippen LogP contribution in [0.3, 0.4) is 0 Å². The highest BCUT2D eigenvalue weighted by Gasteiger charge is 2.06. The molecule has 0 aliphatic heterocycles. The van der Waals surface area contributed by atoms with E-state index in [1.165, 1.54) is 0 Å². The summed E-state index contributed by atoms with van der Waals surface area (Å²) in [4.78, 5) is 3.66. The topological polar surface area (TPSA) is 46.0 Å². The van der Waals surface area contributed by atoms with E-state index in [1.54, 1.807) is 4.80 Å². The molecule has 1 N–H and O–H groups in total. The molecule has 0 saturated carbocycles. The molecule has 5 nitrogen and oxygen atoms in total. The third-order valence-electron chi connectivity index (χ3n) is 3.40. The molecule has 1 aromatic heterocycles. The number of rotatable bonds is 5. The van der Waals surface area contributed by atoms with Gasteiger partial charge in [-0.3, -0.25) is 0 Å². The molecule has 1 heterocycles. The van der Waals surface area contributed by atoms with Gasteiger partial charge in [0.1, 0.15) is 17.7 Å². The first-order chi connectivity index (χ1) is 10.7. The zero-order valence-electron chi connectivity index (χ0n) is 12.6. The van der Waals surface area contributed by atoms with Crippen LogP contribution in [0.15, 0.2) is 42.5 Å². The Morgan fingerprint density at radius 1 is 1.05 bits per heavy atom. The van der Waals surface area contributed by atoms with E-state index in [1.807, 2.05) is 61.5 Å². The number of halogens is 1. The maximum Gasteiger partial charge on any atom is 0.115 e. The maximum absolute atomic E-state index is 12.2. The number of aromatic nitrogens is 3. The fraction of sp³-hybridized carbons (Fsp3) is 0.250. The lowest BCUT2D eigenvalue weighted by molar-refractivity contribution is 0.513. The molecule has 3 aromatic rings. The first-order valence-electron chi connectivity index (χ1n) is 7.12. The molecule has 0 saturated heterocycles. The van der Waals surface area contributed by atoms with Crippen LogP contribution in [0.1, 0.15) is 0 Å². The molecule has 0 aliphatic rings. The van der Waals surface area contributed by atoms with Crippen LogP contribution < -0.4 is 10.2 Å². The zero-order chi connectivity index (χ0) is 15.5. The Morgan fingerprint density at radius 2 is 1.77 bits per heavy atom. The van der Waals surface area contributed by atoms with E-state index in [2.05, 4.69) is 15.5 Å². The van der Waals surface area contributed by atoms with E-state index >= 15 is 0 Å². The van der Waals surface area contributed by atoms with Gasteiger partial charge in [-0.2, -0.15) is 4.80 Å². The van der Waals surface area contributed by atoms with Gasteiger partial charge in [0.15, 0.2) is 0 Å². The molecule has 0 fully saturated rings. The number of hydrogen-bond donors (Lipinski definition) is 1. The van der Waals surface area contributed by atoms with Crippen LogP contribution in [-0.4, -0.2) is 42.3 Å². The first kappa shape index (κ1) is 14.3. The SMILES string of the molecule is CN(C)c1ccc(-n2nc3ccc(NCC[18F])cc3n2)cc1. The quantitative estimate of drug-likeness (QED) is 0.787. The van der Waals surface area contributed by atoms with E-state index in [0.717, 1.165) is 28.1 Å². The van der Waals surface area contributed by atoms with Crippen molar-refractivity contribution in [3.05, 3.63) is 42.5 Å². The highest BCUT2D eigenvalue weighted by molar-refractivity contribution is 5.78. The molecule has 0 spiro atoms. The molecule has 6 heteroatoms. The van der Waals surface area contributed by atoms with Crippen LogP contribution in [0.2, 0.25) is 0 Å². The van der Waals surface area contributed by atoms with E-state index in [4.69, 9.17) is 0 Å². The van der Waals surface area contributed by atoms with Crippen molar-refractivity contribution >= 4 is 22.4 Å². The number of anilines is 2. The number of nitrogens with one attached hydrogen (secondary N) is 1. The highest BCUT2D eigenvalue weighted by atomic mass is 18.2. The molecule has 0 aliphatic carbocycles. The van der Waals surface area contributed by atoms with Crippen molar-refractivity contribution in [1.29, 1.82) is 0 Å². The Kier molecular flexibility index (Phi) is 3.91. The molecule has 0 unspecified atom stereocenters. The normalized spacial score (nSPS) is 10.9. The van der Waals surface area contributed by atoms with Crippen LogP contribution in [0.4, 0.5) is 15.8 Å². The lowest BCUT2D eigenvalue weighted by Gasteiger charge is -2.12. The molecule has 0 radical (unpaired) electrons. The average Bonchev–Trinajstić information content (AvgIpc) is 2.96. The summed E-state index contributed by atoms with van der Waals surface area (Å²) in [7, 11) is 4.00. The van der Waals surface area contributed by atoms with Gasteiger partial charge in [0.2, 0.25) is 0 Å². The van der Waals surface area contributed by atoms with Crippen molar-refractivity contribution in [2.75, 3.05) is 37.5 Å². The molecular weight excluding hydrogens is 280 g/mol. The molecule has 0 amide bonds. The zero-order valence-corrected chi connectivity index (χ0v) is 12.6. The van der Waals surface area contributed by atoms with Crippen molar-refractivity contribution in [3.63, 3.8) is 0 Å². The Bertz CT molecular complexity index is 764. The van der Waals surface area contributed by atoms with Gasteiger partial charge in [-0.25, -0.2) is 4.39 Å². The van der Waals surface area contributed by atoms with Gasteiger partial charge in [0.25, 0.3) is 0 Å². The van der Waals surface area contributed by atoms with E-state index in [0.29, 0.717) is 6.54 Å². The number of nitrogens with zero attached hydrogens (tertiary/aromatic N) is 4. The van der Waals surface area contributed by atoms with Crippen molar-refractivity contribution < 1.29 is 4.39 Å². The van der Waals surface area contributed by atoms with Gasteiger partial charge >= 0.3 is 0 Å². The van der Waals surface area contributed by atoms with Crippen LogP contribution in [-0.2, 0) is 0 Å². The largest absolute Gasteiger partial charge is 0.382 e. The minimum Gasteiger partial charge on any atom is -0.382 e. The summed E-state index contributed by atoms with van der Waals surface area (Å²) < 4.78 is 12.2. The fourth-order valence-electron chi connectivity index (χ4n) is 2.22. The first-order valence-corrected chi connectivity index (χ1v) is 7.12. The fourth-order valence-corrected chi connectivity index (χ4v) is 2.22. The summed E-state index contributed by atoms with van der Waals surface area (Å²) in [6.45, 7) is -0.103. The Balaban J connectivity index is 1.90. The summed E-state index contributed by atoms with van der Waals surface area (Å²) in [6, 6.07) is 13.7. The van der Waals surface area contributed by atoms with Gasteiger partial charge in [-0.1, -0.05) is 0 Å². The van der Waals surface area contributed by atoms with Crippen LogP contribution in [0, 0.1) is 0 Å². The van der Waals surface area contributed by atoms with Crippen molar-refractivity contribution in [1.82, 2.24) is 15.0 Å². The lowest BCUT2D eigenvalue weighted by Crippen LogP contribution is -2.08. The highest BCUT2D eigenvalue weighted by Crippen LogP contribution is 2.19. The molecule has 22 heavy (non-hydrogen) atoms. The number of alkyl halides is 1. The van der Waals surface area contributed by atoms with E-state index < -0.39 is 6.67 Å². The summed E-state index contributed by atoms with van der Waals surface area (Å²) in [6.07, 6.45) is 0. The number of hydrogen-bond acceptors (Lipinski definition) is 4. The maximum atomic E-state index is 12.2. The standard InChI is InChI=1S/C16H18FN5/c1-21(2)13-4-6-14(7-5-13)22-19-15-8-3-12(18-10-9-17)11-16(15)20-22/h3-8,11,18H,9-10H2,1-2H3/i17-1. The Morgan fingerprint density at radius 3 is 2.45 bits per heavy atom. The predicted octanol–water partition coefficient (Wildman–Crippen LogP) is 2.87. The van der Waals surface area contributed by atoms with Crippen molar-refractivity contribution in [2.24, 2.45) is 0 Å². The second-order valence-electron chi connectivity index (χ2n) is 5.22. The summed E-state index contributed by atoms with van der Waals surface area (Å²) >= 11 is 0. The number of fused-ring (bicyclic) bond motifs is 1. The van der Waals surface area contributed by atoms with Crippen molar-refractivity contribution in [2.45, 2.75) is 0 Å². The monoisotopic (exact) mass is 298 g/mol. The summed E-state index contributed by atoms with van der Waals surface area (Å²) in [5.74, 6) is 0. The minimum absolute atomic E-state index is 0.297. The molecule has 0 atom stereocenters. The van der Waals surface area contributed by atoms with Gasteiger partial charge in [0.05, 0.1) is 5.69 Å². The second-order valence-corrected chi connectivity index (χ2v) is 5.22. The van der Waals surface area contributed by atoms with Gasteiger partial charge < -0.3 is 10.2 Å². The van der Waals surface area contributed by atoms with Crippen LogP contribution in [0.5, 0.6) is 0 Å². The lowest BCUT2D eigenvalue weighted by atomic mass is 10.3. The van der Waals surface area contributed by atoms with E-state index in [-0.39, 0.29) is 0 Å². The molecule has 0 bridgehead atoms. The van der Waals surface area contributed by atoms with Gasteiger partial charge in [-0.05, 0) is 42.5 Å². The second kappa shape index (κ2) is 6.01. The average molecular weight is 298 g/mol. The predicted molar refractivity (Wildman–Crippen MR) is 87.7 cm³/mol. The van der Waals surface area contributed by atoms with Crippen LogP contribution in [0.25, 0.3) is 16.7 Å². The Hall–Kier alpha value is -2.63. The summed E-state index contributed by atoms with van der Waals surface area (Å²) in [5, 5.41) is 12.0. The van der Waals surface area contributed by atoms with Gasteiger partial charge in [0, 0.05) is 32.0 Å². The molecule has 3 rings (SSSR count). The van der Waals surface area contributed by atoms with Gasteiger partial charge in [-0.15, -0.1) is 10.2 Å². The van der Waals surface area contributed by atoms with E-state index in [9.17, 15) is 4.39 Å². The number of benzene rings is 2. The molecule has 2 aromatic carbocycles. The Labute approximate surface area is 128 Å². The molecule has 114 valence electrons. The minimum atomic E-state index is -0.400. The summed E-state index contributed by atoms with van der Waals surface area (Å²) in [5.41, 5.74) is 4.46. The third kappa shape index (κ3) is 2.86. The third-order valence-corrected chi connectivity index (χ3v) is 3.40. The molecular formula is C16H18FN5. The van der Waals surface area contributed by atoms with Crippen LogP contribution >= 0.6 is 0 Å². The van der Waals surface area contributed by atoms with Crippen molar-refractivity contribution in [3.8, 4) is 5.69 Å².